The van der Waals surface area contributed by atoms with Crippen LogP contribution in [0.2, 0.25) is 0 Å². The van der Waals surface area contributed by atoms with Crippen LogP contribution in [0.4, 0.5) is 11.5 Å². The Morgan fingerprint density at radius 3 is 2.94 bits per heavy atom. The molecule has 2 aliphatic rings. The molecule has 94 valence electrons. The van der Waals surface area contributed by atoms with Crippen LogP contribution in [0.1, 0.15) is 24.9 Å². The number of aryl methyl sites for hydroxylation is 2. The molecule has 5 nitrogen and oxygen atoms in total. The number of hydrogen-bond acceptors (Lipinski definition) is 4. The first-order valence-corrected chi connectivity index (χ1v) is 6.72. The molecule has 0 aliphatic carbocycles. The second kappa shape index (κ2) is 3.37. The molecule has 4 heterocycles. The molecule has 18 heavy (non-hydrogen) atoms. The fourth-order valence-electron chi connectivity index (χ4n) is 3.32. The van der Waals surface area contributed by atoms with Crippen LogP contribution >= 0.6 is 0 Å². The first kappa shape index (κ1) is 10.2. The number of nitrogens with two attached hydrogens (primary N) is 1. The second-order valence-corrected chi connectivity index (χ2v) is 5.11. The van der Waals surface area contributed by atoms with Gasteiger partial charge in [-0.25, -0.2) is 9.97 Å². The van der Waals surface area contributed by atoms with Crippen LogP contribution in [-0.4, -0.2) is 27.6 Å². The van der Waals surface area contributed by atoms with Crippen molar-refractivity contribution < 1.29 is 0 Å². The molecule has 0 saturated carbocycles. The normalized spacial score (nSPS) is 17.5. The summed E-state index contributed by atoms with van der Waals surface area (Å²) in [5.41, 5.74) is 10.7. The molecule has 0 unspecified atom stereocenters. The van der Waals surface area contributed by atoms with Crippen LogP contribution in [0.5, 0.6) is 0 Å². The largest absolute Gasteiger partial charge is 0.382 e. The topological polar surface area (TPSA) is 60.0 Å². The molecule has 2 aromatic rings. The number of nitrogens with zero attached hydrogens (tertiary/aromatic N) is 4. The first-order chi connectivity index (χ1) is 8.79. The highest BCUT2D eigenvalue weighted by molar-refractivity contribution is 5.97. The van der Waals surface area contributed by atoms with E-state index in [9.17, 15) is 0 Å². The van der Waals surface area contributed by atoms with Crippen LogP contribution in [-0.2, 0) is 19.4 Å². The Bertz CT molecular complexity index is 643. The molecule has 2 aliphatic heterocycles. The van der Waals surface area contributed by atoms with E-state index < -0.39 is 0 Å². The number of hydrogen-bond donors (Lipinski definition) is 1. The van der Waals surface area contributed by atoms with E-state index in [1.54, 1.807) is 0 Å². The first-order valence-electron chi connectivity index (χ1n) is 6.72. The smallest absolute Gasteiger partial charge is 0.152 e. The van der Waals surface area contributed by atoms with Crippen LogP contribution in [0.3, 0.4) is 0 Å². The van der Waals surface area contributed by atoms with Gasteiger partial charge in [0.05, 0.1) is 16.9 Å². The number of pyridine rings is 1. The van der Waals surface area contributed by atoms with Gasteiger partial charge in [0, 0.05) is 26.1 Å². The minimum atomic E-state index is 0.598. The summed E-state index contributed by atoms with van der Waals surface area (Å²) in [6.07, 6.45) is 3.17. The zero-order valence-corrected chi connectivity index (χ0v) is 10.6. The van der Waals surface area contributed by atoms with Crippen molar-refractivity contribution in [1.29, 1.82) is 0 Å². The van der Waals surface area contributed by atoms with Gasteiger partial charge in [-0.1, -0.05) is 6.92 Å². The molecule has 4 rings (SSSR count). The minimum Gasteiger partial charge on any atom is -0.382 e. The predicted molar refractivity (Wildman–Crippen MR) is 71.9 cm³/mol. The van der Waals surface area contributed by atoms with E-state index in [-0.39, 0.29) is 0 Å². The Morgan fingerprint density at radius 2 is 2.11 bits per heavy atom. The molecule has 2 N–H and O–H groups in total. The molecule has 0 saturated heterocycles. The number of rotatable bonds is 1. The van der Waals surface area contributed by atoms with Gasteiger partial charge in [0.25, 0.3) is 0 Å². The molecule has 0 spiro atoms. The average molecular weight is 243 g/mol. The Balaban J connectivity index is 2.15. The van der Waals surface area contributed by atoms with Crippen molar-refractivity contribution in [1.82, 2.24) is 14.5 Å². The Kier molecular flexibility index (Phi) is 1.90. The van der Waals surface area contributed by atoms with E-state index in [0.717, 1.165) is 49.5 Å². The number of nitrogen functional groups attached to an aromatic ring is 1. The van der Waals surface area contributed by atoms with Crippen molar-refractivity contribution in [3.05, 3.63) is 11.5 Å². The zero-order chi connectivity index (χ0) is 12.3. The van der Waals surface area contributed by atoms with Crippen LogP contribution in [0.25, 0.3) is 11.0 Å². The van der Waals surface area contributed by atoms with E-state index in [2.05, 4.69) is 26.4 Å². The molecule has 0 aromatic carbocycles. The summed E-state index contributed by atoms with van der Waals surface area (Å²) in [6.45, 7) is 5.38. The summed E-state index contributed by atoms with van der Waals surface area (Å²) in [7, 11) is 0. The van der Waals surface area contributed by atoms with Crippen molar-refractivity contribution in [2.24, 2.45) is 0 Å². The third-order valence-electron chi connectivity index (χ3n) is 4.11. The molecule has 2 aromatic heterocycles. The molecule has 0 radical (unpaired) electrons. The van der Waals surface area contributed by atoms with Crippen molar-refractivity contribution in [3.8, 4) is 0 Å². The van der Waals surface area contributed by atoms with Gasteiger partial charge in [-0.05, 0) is 12.8 Å². The third-order valence-corrected chi connectivity index (χ3v) is 4.11. The van der Waals surface area contributed by atoms with Crippen molar-refractivity contribution in [2.45, 2.75) is 32.7 Å². The zero-order valence-electron chi connectivity index (χ0n) is 10.6. The lowest BCUT2D eigenvalue weighted by molar-refractivity contribution is 0.590. The number of aromatic nitrogens is 3. The van der Waals surface area contributed by atoms with E-state index in [1.165, 1.54) is 17.6 Å². The molecular weight excluding hydrogens is 226 g/mol. The maximum atomic E-state index is 6.08. The number of imidazole rings is 1. The fourth-order valence-corrected chi connectivity index (χ4v) is 3.32. The standard InChI is InChI=1S/C13H17N5/c1-2-9-16-10-12-11-8(15-13(10)14)4-3-5-17(11)6-7-18(9)12/h2-7H2,1H3,(H2,14,15). The summed E-state index contributed by atoms with van der Waals surface area (Å²) in [5.74, 6) is 1.73. The fraction of sp³-hybridized carbons (Fsp3) is 0.538. The lowest BCUT2D eigenvalue weighted by atomic mass is 10.0. The Hall–Kier alpha value is -1.78. The molecular formula is C13H17N5. The van der Waals surface area contributed by atoms with E-state index >= 15 is 0 Å². The minimum absolute atomic E-state index is 0.598. The van der Waals surface area contributed by atoms with Crippen molar-refractivity contribution in [3.63, 3.8) is 0 Å². The summed E-state index contributed by atoms with van der Waals surface area (Å²) < 4.78 is 2.34. The molecule has 0 amide bonds. The van der Waals surface area contributed by atoms with Gasteiger partial charge in [-0.15, -0.1) is 0 Å². The number of anilines is 2. The summed E-state index contributed by atoms with van der Waals surface area (Å²) in [5, 5.41) is 0. The van der Waals surface area contributed by atoms with Gasteiger partial charge in [0.15, 0.2) is 5.82 Å². The molecule has 0 bridgehead atoms. The quantitative estimate of drug-likeness (QED) is 0.821. The predicted octanol–water partition coefficient (Wildman–Crippen LogP) is 1.34. The molecule has 5 heteroatoms. The average Bonchev–Trinajstić information content (AvgIpc) is 2.77. The third kappa shape index (κ3) is 1.11. The highest BCUT2D eigenvalue weighted by atomic mass is 15.2. The van der Waals surface area contributed by atoms with Gasteiger partial charge in [-0.2, -0.15) is 0 Å². The summed E-state index contributed by atoms with van der Waals surface area (Å²) >= 11 is 0. The van der Waals surface area contributed by atoms with Crippen molar-refractivity contribution in [2.75, 3.05) is 23.7 Å². The summed E-state index contributed by atoms with van der Waals surface area (Å²) in [6, 6.07) is 0. The van der Waals surface area contributed by atoms with Crippen LogP contribution in [0, 0.1) is 0 Å². The monoisotopic (exact) mass is 243 g/mol. The highest BCUT2D eigenvalue weighted by Gasteiger charge is 2.29. The Morgan fingerprint density at radius 1 is 1.22 bits per heavy atom. The van der Waals surface area contributed by atoms with Gasteiger partial charge < -0.3 is 15.2 Å². The van der Waals surface area contributed by atoms with Gasteiger partial charge in [-0.3, -0.25) is 0 Å². The molecule has 0 fully saturated rings. The van der Waals surface area contributed by atoms with E-state index in [4.69, 9.17) is 5.73 Å². The lowest BCUT2D eigenvalue weighted by Crippen LogP contribution is -2.36. The Labute approximate surface area is 106 Å². The van der Waals surface area contributed by atoms with E-state index in [0.29, 0.717) is 5.82 Å². The van der Waals surface area contributed by atoms with E-state index in [1.807, 2.05) is 0 Å². The second-order valence-electron chi connectivity index (χ2n) is 5.11. The van der Waals surface area contributed by atoms with Gasteiger partial charge >= 0.3 is 0 Å². The molecule has 0 atom stereocenters. The van der Waals surface area contributed by atoms with Gasteiger partial charge in [0.2, 0.25) is 0 Å². The lowest BCUT2D eigenvalue weighted by Gasteiger charge is -2.35. The maximum absolute atomic E-state index is 6.08. The highest BCUT2D eigenvalue weighted by Crippen LogP contribution is 2.38. The van der Waals surface area contributed by atoms with Crippen molar-refractivity contribution >= 4 is 22.5 Å². The maximum Gasteiger partial charge on any atom is 0.152 e. The van der Waals surface area contributed by atoms with Gasteiger partial charge in [0.1, 0.15) is 11.3 Å². The van der Waals surface area contributed by atoms with Crippen LogP contribution < -0.4 is 10.6 Å². The SMILES string of the molecule is CCc1nc2c(N)nc3c4c2n1CCN4CCC3. The summed E-state index contributed by atoms with van der Waals surface area (Å²) in [4.78, 5) is 11.7. The van der Waals surface area contributed by atoms with Crippen LogP contribution in [0.15, 0.2) is 0 Å².